The Morgan fingerprint density at radius 3 is 2.88 bits per heavy atom. The van der Waals surface area contributed by atoms with Gasteiger partial charge in [-0.25, -0.2) is 0 Å². The summed E-state index contributed by atoms with van der Waals surface area (Å²) in [5.74, 6) is 0.265. The van der Waals surface area contributed by atoms with Crippen LogP contribution in [0.1, 0.15) is 56.3 Å². The molecule has 3 rings (SSSR count). The summed E-state index contributed by atoms with van der Waals surface area (Å²) in [5.41, 5.74) is 2.07. The van der Waals surface area contributed by atoms with Gasteiger partial charge in [-0.2, -0.15) is 0 Å². The Hall–Kier alpha value is -1.75. The number of likely N-dealkylation sites (tertiary alicyclic amines) is 2. The maximum absolute atomic E-state index is 12.5. The smallest absolute Gasteiger partial charge is 0.222 e. The number of aryl methyl sites for hydroxylation is 1. The van der Waals surface area contributed by atoms with Gasteiger partial charge < -0.3 is 9.80 Å². The van der Waals surface area contributed by atoms with Crippen LogP contribution >= 0.6 is 0 Å². The van der Waals surface area contributed by atoms with Crippen molar-refractivity contribution in [3.8, 4) is 0 Å². The summed E-state index contributed by atoms with van der Waals surface area (Å²) in [5, 5.41) is 0. The fraction of sp³-hybridized carbons (Fsp3) is 0.667. The van der Waals surface area contributed by atoms with E-state index in [1.165, 1.54) is 38.8 Å². The second kappa shape index (κ2) is 8.76. The van der Waals surface area contributed by atoms with Crippen LogP contribution in [0.15, 0.2) is 25.0 Å². The van der Waals surface area contributed by atoms with Gasteiger partial charge in [-0.05, 0) is 58.5 Å². The maximum Gasteiger partial charge on any atom is 0.222 e. The van der Waals surface area contributed by atoms with E-state index in [1.54, 1.807) is 12.4 Å². The van der Waals surface area contributed by atoms with Gasteiger partial charge in [-0.3, -0.25) is 14.8 Å². The molecule has 5 heteroatoms. The number of hydrogen-bond acceptors (Lipinski definition) is 4. The van der Waals surface area contributed by atoms with Gasteiger partial charge in [-0.15, -0.1) is 6.58 Å². The van der Waals surface area contributed by atoms with E-state index in [9.17, 15) is 4.79 Å². The molecule has 26 heavy (non-hydrogen) atoms. The zero-order valence-corrected chi connectivity index (χ0v) is 16.1. The number of rotatable bonds is 7. The number of amides is 1. The SMILES string of the molecule is C=CCCCCN1CCC[C@]2(CCC(=O)N(Cc3cnc(C)cn3)C2)C1. The molecule has 0 radical (unpaired) electrons. The van der Waals surface area contributed by atoms with Crippen LogP contribution in [0.3, 0.4) is 0 Å². The first-order valence-electron chi connectivity index (χ1n) is 9.99. The van der Waals surface area contributed by atoms with Crippen LogP contribution < -0.4 is 0 Å². The monoisotopic (exact) mass is 356 g/mol. The van der Waals surface area contributed by atoms with Crippen molar-refractivity contribution in [2.24, 2.45) is 5.41 Å². The third kappa shape index (κ3) is 4.91. The van der Waals surface area contributed by atoms with Crippen LogP contribution in [0.5, 0.6) is 0 Å². The largest absolute Gasteiger partial charge is 0.336 e. The average molecular weight is 357 g/mol. The highest BCUT2D eigenvalue weighted by Gasteiger charge is 2.41. The van der Waals surface area contributed by atoms with Gasteiger partial charge in [0, 0.05) is 31.1 Å². The minimum Gasteiger partial charge on any atom is -0.336 e. The number of carbonyl (C=O) groups is 1. The number of hydrogen-bond donors (Lipinski definition) is 0. The molecule has 2 aliphatic heterocycles. The van der Waals surface area contributed by atoms with Gasteiger partial charge >= 0.3 is 0 Å². The second-order valence-electron chi connectivity index (χ2n) is 8.06. The van der Waals surface area contributed by atoms with Gasteiger partial charge in [0.25, 0.3) is 0 Å². The molecule has 2 aliphatic rings. The third-order valence-electron chi connectivity index (χ3n) is 5.81. The Bertz CT molecular complexity index is 615. The lowest BCUT2D eigenvalue weighted by Crippen LogP contribution is -2.53. The molecule has 2 fully saturated rings. The maximum atomic E-state index is 12.5. The quantitative estimate of drug-likeness (QED) is 0.555. The van der Waals surface area contributed by atoms with Gasteiger partial charge in [-0.1, -0.05) is 6.08 Å². The highest BCUT2D eigenvalue weighted by atomic mass is 16.2. The van der Waals surface area contributed by atoms with Crippen LogP contribution in [0, 0.1) is 12.3 Å². The predicted molar refractivity (Wildman–Crippen MR) is 104 cm³/mol. The van der Waals surface area contributed by atoms with Crippen LogP contribution in [-0.4, -0.2) is 51.9 Å². The first-order chi connectivity index (χ1) is 12.6. The second-order valence-corrected chi connectivity index (χ2v) is 8.06. The summed E-state index contributed by atoms with van der Waals surface area (Å²) in [7, 11) is 0. The van der Waals surface area contributed by atoms with Crippen molar-refractivity contribution in [2.45, 2.75) is 58.4 Å². The Labute approximate surface area is 157 Å². The lowest BCUT2D eigenvalue weighted by Gasteiger charge is -2.48. The third-order valence-corrected chi connectivity index (χ3v) is 5.81. The molecule has 0 bridgehead atoms. The van der Waals surface area contributed by atoms with E-state index in [0.717, 1.165) is 37.3 Å². The number of aromatic nitrogens is 2. The summed E-state index contributed by atoms with van der Waals surface area (Å²) >= 11 is 0. The zero-order valence-electron chi connectivity index (χ0n) is 16.1. The van der Waals surface area contributed by atoms with Gasteiger partial charge in [0.1, 0.15) is 0 Å². The van der Waals surface area contributed by atoms with Gasteiger partial charge in [0.05, 0.1) is 24.1 Å². The normalized spacial score (nSPS) is 24.2. The Kier molecular flexibility index (Phi) is 6.41. The molecule has 5 nitrogen and oxygen atoms in total. The molecule has 0 aliphatic carbocycles. The van der Waals surface area contributed by atoms with Crippen molar-refractivity contribution in [3.05, 3.63) is 36.4 Å². The van der Waals surface area contributed by atoms with E-state index in [2.05, 4.69) is 21.4 Å². The van der Waals surface area contributed by atoms with Crippen LogP contribution in [0.2, 0.25) is 0 Å². The van der Waals surface area contributed by atoms with E-state index in [0.29, 0.717) is 13.0 Å². The Morgan fingerprint density at radius 1 is 1.23 bits per heavy atom. The van der Waals surface area contributed by atoms with Crippen molar-refractivity contribution in [1.29, 1.82) is 0 Å². The van der Waals surface area contributed by atoms with E-state index in [4.69, 9.17) is 0 Å². The van der Waals surface area contributed by atoms with E-state index >= 15 is 0 Å². The molecule has 142 valence electrons. The molecule has 1 aromatic heterocycles. The molecule has 0 N–H and O–H groups in total. The first kappa shape index (κ1) is 19.0. The lowest BCUT2D eigenvalue weighted by molar-refractivity contribution is -0.140. The van der Waals surface area contributed by atoms with Crippen molar-refractivity contribution < 1.29 is 4.79 Å². The predicted octanol–water partition coefficient (Wildman–Crippen LogP) is 3.35. The molecule has 0 unspecified atom stereocenters. The Morgan fingerprint density at radius 2 is 2.12 bits per heavy atom. The molecule has 1 atom stereocenters. The highest BCUT2D eigenvalue weighted by molar-refractivity contribution is 5.77. The molecule has 1 amide bonds. The van der Waals surface area contributed by atoms with Crippen molar-refractivity contribution in [3.63, 3.8) is 0 Å². The molecule has 2 saturated heterocycles. The van der Waals surface area contributed by atoms with Crippen LogP contribution in [0.4, 0.5) is 0 Å². The summed E-state index contributed by atoms with van der Waals surface area (Å²) in [6.07, 6.45) is 13.4. The molecule has 1 spiro atoms. The number of unbranched alkanes of at least 4 members (excludes halogenated alkanes) is 2. The van der Waals surface area contributed by atoms with E-state index < -0.39 is 0 Å². The summed E-state index contributed by atoms with van der Waals surface area (Å²) in [6.45, 7) is 10.7. The summed E-state index contributed by atoms with van der Waals surface area (Å²) in [6, 6.07) is 0. The standard InChI is InChI=1S/C21H32N4O/c1-3-4-5-6-11-24-12-7-9-21(16-24)10-8-20(26)25(17-21)15-19-14-22-18(2)13-23-19/h3,13-14H,1,4-12,15-17H2,2H3/t21-/m0/s1. The van der Waals surface area contributed by atoms with Crippen molar-refractivity contribution in [1.82, 2.24) is 19.8 Å². The molecule has 3 heterocycles. The number of nitrogens with zero attached hydrogens (tertiary/aromatic N) is 4. The minimum atomic E-state index is 0.265. The van der Waals surface area contributed by atoms with Crippen molar-refractivity contribution in [2.75, 3.05) is 26.2 Å². The van der Waals surface area contributed by atoms with Gasteiger partial charge in [0.2, 0.25) is 5.91 Å². The first-order valence-corrected chi connectivity index (χ1v) is 9.99. The minimum absolute atomic E-state index is 0.265. The number of piperidine rings is 2. The molecule has 0 aromatic carbocycles. The van der Waals surface area contributed by atoms with Gasteiger partial charge in [0.15, 0.2) is 0 Å². The number of carbonyl (C=O) groups excluding carboxylic acids is 1. The van der Waals surface area contributed by atoms with Crippen LogP contribution in [-0.2, 0) is 11.3 Å². The zero-order chi connectivity index (χ0) is 18.4. The fourth-order valence-electron chi connectivity index (χ4n) is 4.40. The Balaban J connectivity index is 1.59. The molecular weight excluding hydrogens is 324 g/mol. The number of allylic oxidation sites excluding steroid dienone is 1. The fourth-order valence-corrected chi connectivity index (χ4v) is 4.40. The van der Waals surface area contributed by atoms with E-state index in [1.807, 2.05) is 17.9 Å². The average Bonchev–Trinajstić information content (AvgIpc) is 2.64. The molecule has 1 aromatic rings. The summed E-state index contributed by atoms with van der Waals surface area (Å²) < 4.78 is 0. The van der Waals surface area contributed by atoms with E-state index in [-0.39, 0.29) is 11.3 Å². The summed E-state index contributed by atoms with van der Waals surface area (Å²) in [4.78, 5) is 25.9. The molecular formula is C21H32N4O. The van der Waals surface area contributed by atoms with Crippen LogP contribution in [0.25, 0.3) is 0 Å². The highest BCUT2D eigenvalue weighted by Crippen LogP contribution is 2.39. The molecule has 0 saturated carbocycles. The lowest BCUT2D eigenvalue weighted by atomic mass is 9.73. The van der Waals surface area contributed by atoms with Crippen molar-refractivity contribution >= 4 is 5.91 Å². The topological polar surface area (TPSA) is 49.3 Å².